The predicted molar refractivity (Wildman–Crippen MR) is 82.2 cm³/mol. The van der Waals surface area contributed by atoms with Crippen molar-refractivity contribution >= 4 is 40.2 Å². The molecule has 1 unspecified atom stereocenters. The highest BCUT2D eigenvalue weighted by molar-refractivity contribution is 7.16. The normalized spacial score (nSPS) is 12.3. The Balaban J connectivity index is 2.10. The molecule has 3 nitrogen and oxygen atoms in total. The van der Waals surface area contributed by atoms with E-state index >= 15 is 0 Å². The van der Waals surface area contributed by atoms with Crippen molar-refractivity contribution in [2.24, 2.45) is 0 Å². The zero-order valence-electron chi connectivity index (χ0n) is 10.5. The fraction of sp³-hybridized carbons (Fsp3) is 0.308. The predicted octanol–water partition coefficient (Wildman–Crippen LogP) is 3.28. The van der Waals surface area contributed by atoms with Gasteiger partial charge in [0, 0.05) is 16.3 Å². The van der Waals surface area contributed by atoms with Gasteiger partial charge in [-0.05, 0) is 30.5 Å². The van der Waals surface area contributed by atoms with Crippen molar-refractivity contribution in [1.82, 2.24) is 10.6 Å². The molecule has 0 aliphatic rings. The number of thiophene rings is 2. The van der Waals surface area contributed by atoms with E-state index in [1.54, 1.807) is 11.3 Å². The first-order valence-corrected chi connectivity index (χ1v) is 8.07. The second-order valence-electron chi connectivity index (χ2n) is 3.92. The van der Waals surface area contributed by atoms with Crippen LogP contribution in [0.5, 0.6) is 0 Å². The Morgan fingerprint density at radius 2 is 2.21 bits per heavy atom. The first kappa shape index (κ1) is 14.5. The SMILES string of the molecule is CCNC(=O)CNC(c1cccs1)c1ccc(Cl)s1. The van der Waals surface area contributed by atoms with Gasteiger partial charge in [-0.3, -0.25) is 10.1 Å². The van der Waals surface area contributed by atoms with Crippen molar-refractivity contribution < 1.29 is 4.79 Å². The molecule has 0 saturated carbocycles. The van der Waals surface area contributed by atoms with Crippen molar-refractivity contribution in [2.75, 3.05) is 13.1 Å². The van der Waals surface area contributed by atoms with Crippen molar-refractivity contribution in [3.05, 3.63) is 43.7 Å². The molecule has 2 aromatic heterocycles. The number of amides is 1. The van der Waals surface area contributed by atoms with E-state index < -0.39 is 0 Å². The van der Waals surface area contributed by atoms with E-state index in [4.69, 9.17) is 11.6 Å². The summed E-state index contributed by atoms with van der Waals surface area (Å²) in [5.41, 5.74) is 0. The van der Waals surface area contributed by atoms with Crippen LogP contribution in [-0.2, 0) is 4.79 Å². The molecule has 6 heteroatoms. The minimum absolute atomic E-state index is 0.00621. The van der Waals surface area contributed by atoms with Crippen LogP contribution in [0.15, 0.2) is 29.6 Å². The zero-order valence-corrected chi connectivity index (χ0v) is 12.9. The van der Waals surface area contributed by atoms with Gasteiger partial charge in [0.1, 0.15) is 0 Å². The topological polar surface area (TPSA) is 41.1 Å². The lowest BCUT2D eigenvalue weighted by atomic mass is 10.2. The van der Waals surface area contributed by atoms with Crippen molar-refractivity contribution in [2.45, 2.75) is 13.0 Å². The van der Waals surface area contributed by atoms with Crippen LogP contribution >= 0.6 is 34.3 Å². The zero-order chi connectivity index (χ0) is 13.7. The standard InChI is InChI=1S/C13H15ClN2OS2/c1-2-15-12(17)8-16-13(9-4-3-7-18-9)10-5-6-11(14)19-10/h3-7,13,16H,2,8H2,1H3,(H,15,17). The van der Waals surface area contributed by atoms with E-state index in [-0.39, 0.29) is 11.9 Å². The minimum Gasteiger partial charge on any atom is -0.355 e. The second-order valence-corrected chi connectivity index (χ2v) is 6.65. The molecule has 0 fully saturated rings. The van der Waals surface area contributed by atoms with E-state index in [1.165, 1.54) is 16.2 Å². The van der Waals surface area contributed by atoms with Gasteiger partial charge in [-0.2, -0.15) is 0 Å². The number of carbonyl (C=O) groups excluding carboxylic acids is 1. The van der Waals surface area contributed by atoms with E-state index in [0.29, 0.717) is 13.1 Å². The Hall–Kier alpha value is -0.880. The molecule has 2 N–H and O–H groups in total. The Bertz CT molecular complexity index is 524. The van der Waals surface area contributed by atoms with Crippen LogP contribution in [0.1, 0.15) is 22.7 Å². The highest BCUT2D eigenvalue weighted by atomic mass is 35.5. The van der Waals surface area contributed by atoms with Gasteiger partial charge < -0.3 is 5.32 Å². The fourth-order valence-corrected chi connectivity index (χ4v) is 3.78. The molecule has 102 valence electrons. The van der Waals surface area contributed by atoms with Gasteiger partial charge in [-0.15, -0.1) is 22.7 Å². The molecular weight excluding hydrogens is 300 g/mol. The molecule has 1 atom stereocenters. The minimum atomic E-state index is 0.00621. The first-order chi connectivity index (χ1) is 9.20. The van der Waals surface area contributed by atoms with Crippen molar-refractivity contribution in [3.8, 4) is 0 Å². The molecule has 0 spiro atoms. The quantitative estimate of drug-likeness (QED) is 0.859. The Morgan fingerprint density at radius 1 is 1.37 bits per heavy atom. The molecule has 1 amide bonds. The van der Waals surface area contributed by atoms with Gasteiger partial charge in [-0.25, -0.2) is 0 Å². The van der Waals surface area contributed by atoms with E-state index in [2.05, 4.69) is 16.7 Å². The molecule has 0 radical (unpaired) electrons. The van der Waals surface area contributed by atoms with Gasteiger partial charge in [0.05, 0.1) is 16.9 Å². The van der Waals surface area contributed by atoms with Crippen LogP contribution in [0.4, 0.5) is 0 Å². The van der Waals surface area contributed by atoms with Crippen LogP contribution in [0.3, 0.4) is 0 Å². The van der Waals surface area contributed by atoms with Crippen molar-refractivity contribution in [1.29, 1.82) is 0 Å². The number of hydrogen-bond acceptors (Lipinski definition) is 4. The maximum Gasteiger partial charge on any atom is 0.233 e. The van der Waals surface area contributed by atoms with Gasteiger partial charge in [0.25, 0.3) is 0 Å². The summed E-state index contributed by atoms with van der Waals surface area (Å²) in [7, 11) is 0. The molecule has 2 rings (SSSR count). The number of nitrogens with one attached hydrogen (secondary N) is 2. The highest BCUT2D eigenvalue weighted by Gasteiger charge is 2.17. The van der Waals surface area contributed by atoms with Crippen LogP contribution in [0, 0.1) is 0 Å². The lowest BCUT2D eigenvalue weighted by molar-refractivity contribution is -0.120. The maximum atomic E-state index is 11.6. The van der Waals surface area contributed by atoms with E-state index in [1.807, 2.05) is 30.5 Å². The summed E-state index contributed by atoms with van der Waals surface area (Å²) < 4.78 is 0.761. The Labute approximate surface area is 125 Å². The number of likely N-dealkylation sites (N-methyl/N-ethyl adjacent to an activating group) is 1. The third-order valence-electron chi connectivity index (χ3n) is 2.55. The lowest BCUT2D eigenvalue weighted by Crippen LogP contribution is -2.35. The van der Waals surface area contributed by atoms with Crippen LogP contribution in [0.2, 0.25) is 4.34 Å². The van der Waals surface area contributed by atoms with Gasteiger partial charge in [0.2, 0.25) is 5.91 Å². The number of carbonyl (C=O) groups is 1. The smallest absolute Gasteiger partial charge is 0.233 e. The number of hydrogen-bond donors (Lipinski definition) is 2. The summed E-state index contributed by atoms with van der Waals surface area (Å²) in [6.07, 6.45) is 0. The average Bonchev–Trinajstić information content (AvgIpc) is 3.02. The lowest BCUT2D eigenvalue weighted by Gasteiger charge is -2.15. The molecule has 2 heterocycles. The third-order valence-corrected chi connectivity index (χ3v) is 4.78. The van der Waals surface area contributed by atoms with Gasteiger partial charge in [-0.1, -0.05) is 17.7 Å². The molecule has 19 heavy (non-hydrogen) atoms. The highest BCUT2D eigenvalue weighted by Crippen LogP contribution is 2.32. The van der Waals surface area contributed by atoms with Crippen molar-refractivity contribution in [3.63, 3.8) is 0 Å². The Morgan fingerprint density at radius 3 is 2.79 bits per heavy atom. The summed E-state index contributed by atoms with van der Waals surface area (Å²) in [6, 6.07) is 7.99. The Kier molecular flexibility index (Phi) is 5.39. The maximum absolute atomic E-state index is 11.6. The summed E-state index contributed by atoms with van der Waals surface area (Å²) in [5.74, 6) is 0.00621. The molecule has 2 aromatic rings. The average molecular weight is 315 g/mol. The fourth-order valence-electron chi connectivity index (χ4n) is 1.73. The third kappa shape index (κ3) is 4.04. The van der Waals surface area contributed by atoms with E-state index in [9.17, 15) is 4.79 Å². The van der Waals surface area contributed by atoms with Crippen LogP contribution < -0.4 is 10.6 Å². The number of rotatable bonds is 6. The largest absolute Gasteiger partial charge is 0.355 e. The monoisotopic (exact) mass is 314 g/mol. The summed E-state index contributed by atoms with van der Waals surface area (Å²) in [4.78, 5) is 13.9. The van der Waals surface area contributed by atoms with E-state index in [0.717, 1.165) is 9.21 Å². The molecule has 0 bridgehead atoms. The van der Waals surface area contributed by atoms with Gasteiger partial charge >= 0.3 is 0 Å². The molecule has 0 aromatic carbocycles. The number of halogens is 1. The molecule has 0 aliphatic carbocycles. The summed E-state index contributed by atoms with van der Waals surface area (Å²) in [5, 5.41) is 8.10. The second kappa shape index (κ2) is 7.05. The summed E-state index contributed by atoms with van der Waals surface area (Å²) in [6.45, 7) is 2.86. The van der Waals surface area contributed by atoms with Gasteiger partial charge in [0.15, 0.2) is 0 Å². The molecular formula is C13H15ClN2OS2. The first-order valence-electron chi connectivity index (χ1n) is 5.99. The summed E-state index contributed by atoms with van der Waals surface area (Å²) >= 11 is 9.20. The molecule has 0 aliphatic heterocycles. The van der Waals surface area contributed by atoms with Crippen LogP contribution in [0.25, 0.3) is 0 Å². The molecule has 0 saturated heterocycles. The van der Waals surface area contributed by atoms with Crippen LogP contribution in [-0.4, -0.2) is 19.0 Å².